The van der Waals surface area contributed by atoms with Crippen LogP contribution < -0.4 is 20.9 Å². The Hall–Kier alpha value is -4.12. The highest BCUT2D eigenvalue weighted by molar-refractivity contribution is 7.99. The Kier molecular flexibility index (Phi) is 6.23. The van der Waals surface area contributed by atoms with Gasteiger partial charge in [-0.05, 0) is 37.3 Å². The number of rotatable bonds is 6. The predicted molar refractivity (Wildman–Crippen MR) is 138 cm³/mol. The standard InChI is InChI=1S/C25H24N6O4S/c1-14-4-7-17(8-5-14)31-23-19(12-26-31)24(34)30-18(13-36-25(30)29-23)11-22(33)28-20-10-16(27-15(2)32)6-9-21(20)35-3/h4-10,12,18H,11,13H2,1-3H3,(H,27,32)(H,28,33). The number of aromatic nitrogens is 4. The summed E-state index contributed by atoms with van der Waals surface area (Å²) in [5.74, 6) is 0.501. The zero-order chi connectivity index (χ0) is 25.4. The second kappa shape index (κ2) is 9.50. The first kappa shape index (κ1) is 23.6. The van der Waals surface area contributed by atoms with E-state index in [-0.39, 0.29) is 29.8 Å². The molecule has 2 aromatic heterocycles. The van der Waals surface area contributed by atoms with Crippen LogP contribution in [-0.4, -0.2) is 44.0 Å². The van der Waals surface area contributed by atoms with Crippen LogP contribution in [0.3, 0.4) is 0 Å². The van der Waals surface area contributed by atoms with E-state index < -0.39 is 0 Å². The molecule has 2 aromatic carbocycles. The number of nitrogens with one attached hydrogen (secondary N) is 2. The second-order valence-corrected chi connectivity index (χ2v) is 9.50. The monoisotopic (exact) mass is 504 g/mol. The first-order valence-corrected chi connectivity index (χ1v) is 12.3. The van der Waals surface area contributed by atoms with E-state index in [1.54, 1.807) is 27.4 Å². The average molecular weight is 505 g/mol. The molecule has 0 saturated carbocycles. The van der Waals surface area contributed by atoms with Crippen molar-refractivity contribution in [3.63, 3.8) is 0 Å². The van der Waals surface area contributed by atoms with Crippen molar-refractivity contribution in [1.82, 2.24) is 19.3 Å². The van der Waals surface area contributed by atoms with Crippen molar-refractivity contribution in [2.24, 2.45) is 0 Å². The zero-order valence-electron chi connectivity index (χ0n) is 19.9. The Morgan fingerprint density at radius 1 is 1.17 bits per heavy atom. The van der Waals surface area contributed by atoms with E-state index in [1.807, 2.05) is 31.2 Å². The number of hydrogen-bond donors (Lipinski definition) is 2. The van der Waals surface area contributed by atoms with Gasteiger partial charge in [-0.2, -0.15) is 5.10 Å². The average Bonchev–Trinajstić information content (AvgIpc) is 3.44. The predicted octanol–water partition coefficient (Wildman–Crippen LogP) is 3.53. The number of fused-ring (bicyclic) bond motifs is 2. The maximum absolute atomic E-state index is 13.4. The number of aryl methyl sites for hydroxylation is 1. The number of ether oxygens (including phenoxy) is 1. The van der Waals surface area contributed by atoms with E-state index >= 15 is 0 Å². The highest BCUT2D eigenvalue weighted by atomic mass is 32.2. The topological polar surface area (TPSA) is 120 Å². The van der Waals surface area contributed by atoms with E-state index in [0.717, 1.165) is 11.3 Å². The third-order valence-corrected chi connectivity index (χ3v) is 6.96. The SMILES string of the molecule is COc1ccc(NC(C)=O)cc1NC(=O)CC1CSc2nc3c(cnn3-c3ccc(C)cc3)c(=O)n21. The van der Waals surface area contributed by atoms with Crippen LogP contribution in [0.25, 0.3) is 16.7 Å². The summed E-state index contributed by atoms with van der Waals surface area (Å²) in [6, 6.07) is 12.5. The molecule has 0 radical (unpaired) electrons. The van der Waals surface area contributed by atoms with Gasteiger partial charge in [0, 0.05) is 24.8 Å². The lowest BCUT2D eigenvalue weighted by atomic mass is 10.2. The molecule has 0 saturated heterocycles. The van der Waals surface area contributed by atoms with E-state index in [0.29, 0.717) is 39.1 Å². The molecule has 2 N–H and O–H groups in total. The number of thioether (sulfide) groups is 1. The Bertz CT molecular complexity index is 1540. The molecule has 0 spiro atoms. The highest BCUT2D eigenvalue weighted by Crippen LogP contribution is 2.34. The van der Waals surface area contributed by atoms with Gasteiger partial charge in [-0.1, -0.05) is 29.5 Å². The zero-order valence-corrected chi connectivity index (χ0v) is 20.8. The molecule has 5 rings (SSSR count). The quantitative estimate of drug-likeness (QED) is 0.386. The maximum atomic E-state index is 13.4. The van der Waals surface area contributed by atoms with Crippen LogP contribution >= 0.6 is 11.8 Å². The summed E-state index contributed by atoms with van der Waals surface area (Å²) in [7, 11) is 1.50. The summed E-state index contributed by atoms with van der Waals surface area (Å²) in [6.07, 6.45) is 1.60. The molecule has 1 unspecified atom stereocenters. The second-order valence-electron chi connectivity index (χ2n) is 8.51. The van der Waals surface area contributed by atoms with E-state index in [4.69, 9.17) is 9.72 Å². The maximum Gasteiger partial charge on any atom is 0.265 e. The van der Waals surface area contributed by atoms with Gasteiger partial charge in [0.2, 0.25) is 11.8 Å². The molecule has 11 heteroatoms. The molecule has 10 nitrogen and oxygen atoms in total. The molecule has 0 fully saturated rings. The molecule has 36 heavy (non-hydrogen) atoms. The number of carbonyl (C=O) groups excluding carboxylic acids is 2. The van der Waals surface area contributed by atoms with Gasteiger partial charge in [-0.3, -0.25) is 19.0 Å². The minimum atomic E-state index is -0.360. The van der Waals surface area contributed by atoms with Gasteiger partial charge in [0.25, 0.3) is 5.56 Å². The molecule has 1 aliphatic rings. The molecular formula is C25H24N6O4S. The van der Waals surface area contributed by atoms with E-state index in [2.05, 4.69) is 15.7 Å². The molecule has 1 aliphatic heterocycles. The lowest BCUT2D eigenvalue weighted by Crippen LogP contribution is -2.27. The Morgan fingerprint density at radius 3 is 2.67 bits per heavy atom. The summed E-state index contributed by atoms with van der Waals surface area (Å²) in [5.41, 5.74) is 3.18. The molecule has 184 valence electrons. The van der Waals surface area contributed by atoms with Gasteiger partial charge in [-0.25, -0.2) is 9.67 Å². The van der Waals surface area contributed by atoms with Crippen LogP contribution in [0.2, 0.25) is 0 Å². The number of carbonyl (C=O) groups is 2. The summed E-state index contributed by atoms with van der Waals surface area (Å²) in [6.45, 7) is 3.41. The van der Waals surface area contributed by atoms with Crippen LogP contribution in [0.1, 0.15) is 24.9 Å². The minimum absolute atomic E-state index is 0.0761. The minimum Gasteiger partial charge on any atom is -0.495 e. The van der Waals surface area contributed by atoms with Crippen molar-refractivity contribution in [3.05, 3.63) is 64.6 Å². The number of methoxy groups -OCH3 is 1. The molecule has 4 aromatic rings. The molecule has 0 aliphatic carbocycles. The normalized spacial score (nSPS) is 14.5. The Labute approximate surface area is 210 Å². The summed E-state index contributed by atoms with van der Waals surface area (Å²) < 4.78 is 8.58. The van der Waals surface area contributed by atoms with Gasteiger partial charge in [0.1, 0.15) is 11.1 Å². The van der Waals surface area contributed by atoms with Crippen molar-refractivity contribution >= 4 is 46.0 Å². The smallest absolute Gasteiger partial charge is 0.265 e. The van der Waals surface area contributed by atoms with Gasteiger partial charge in [0.15, 0.2) is 10.8 Å². The number of nitrogens with zero attached hydrogens (tertiary/aromatic N) is 4. The fourth-order valence-corrected chi connectivity index (χ4v) is 5.29. The third-order valence-electron chi connectivity index (χ3n) is 5.86. The van der Waals surface area contributed by atoms with Crippen LogP contribution in [0.5, 0.6) is 5.75 Å². The molecule has 1 atom stereocenters. The van der Waals surface area contributed by atoms with E-state index in [1.165, 1.54) is 32.0 Å². The van der Waals surface area contributed by atoms with Crippen LogP contribution in [0.15, 0.2) is 58.6 Å². The van der Waals surface area contributed by atoms with Crippen molar-refractivity contribution < 1.29 is 14.3 Å². The Balaban J connectivity index is 1.40. The largest absolute Gasteiger partial charge is 0.495 e. The molecule has 2 amide bonds. The first-order chi connectivity index (χ1) is 17.3. The first-order valence-electron chi connectivity index (χ1n) is 11.3. The lowest BCUT2D eigenvalue weighted by Gasteiger charge is -2.15. The van der Waals surface area contributed by atoms with Crippen LogP contribution in [-0.2, 0) is 9.59 Å². The summed E-state index contributed by atoms with van der Waals surface area (Å²) in [5, 5.41) is 10.9. The fraction of sp³-hybridized carbons (Fsp3) is 0.240. The van der Waals surface area contributed by atoms with Gasteiger partial charge in [-0.15, -0.1) is 0 Å². The number of hydrogen-bond acceptors (Lipinski definition) is 7. The van der Waals surface area contributed by atoms with Crippen LogP contribution in [0.4, 0.5) is 11.4 Å². The van der Waals surface area contributed by atoms with Gasteiger partial charge < -0.3 is 15.4 Å². The highest BCUT2D eigenvalue weighted by Gasteiger charge is 2.30. The number of benzene rings is 2. The molecule has 3 heterocycles. The van der Waals surface area contributed by atoms with Gasteiger partial charge in [0.05, 0.1) is 30.7 Å². The van der Waals surface area contributed by atoms with Crippen LogP contribution in [0, 0.1) is 6.92 Å². The number of amides is 2. The summed E-state index contributed by atoms with van der Waals surface area (Å²) >= 11 is 1.44. The summed E-state index contributed by atoms with van der Waals surface area (Å²) in [4.78, 5) is 42.4. The molecular weight excluding hydrogens is 480 g/mol. The van der Waals surface area contributed by atoms with E-state index in [9.17, 15) is 14.4 Å². The third kappa shape index (κ3) is 4.44. The molecule has 0 bridgehead atoms. The number of anilines is 2. The van der Waals surface area contributed by atoms with Crippen molar-refractivity contribution in [1.29, 1.82) is 0 Å². The van der Waals surface area contributed by atoms with Crippen molar-refractivity contribution in [2.75, 3.05) is 23.5 Å². The van der Waals surface area contributed by atoms with Gasteiger partial charge >= 0.3 is 0 Å². The van der Waals surface area contributed by atoms with Crippen molar-refractivity contribution in [3.8, 4) is 11.4 Å². The van der Waals surface area contributed by atoms with Crippen molar-refractivity contribution in [2.45, 2.75) is 31.5 Å². The lowest BCUT2D eigenvalue weighted by molar-refractivity contribution is -0.117. The Morgan fingerprint density at radius 2 is 1.94 bits per heavy atom. The fourth-order valence-electron chi connectivity index (χ4n) is 4.16.